The molecule has 0 unspecified atom stereocenters. The number of hydrogen-bond donors (Lipinski definition) is 1. The predicted octanol–water partition coefficient (Wildman–Crippen LogP) is 5.76. The number of nitrogens with one attached hydrogen (secondary N) is 1. The zero-order valence-electron chi connectivity index (χ0n) is 25.3. The maximum absolute atomic E-state index is 14.7. The normalized spacial score (nSPS) is 14.4. The van der Waals surface area contributed by atoms with E-state index in [0.29, 0.717) is 24.2 Å². The second-order valence-corrected chi connectivity index (χ2v) is 13.2. The smallest absolute Gasteiger partial charge is 0.267 e. The first-order valence-corrected chi connectivity index (χ1v) is 16.2. The van der Waals surface area contributed by atoms with E-state index >= 15 is 0 Å². The van der Waals surface area contributed by atoms with Crippen molar-refractivity contribution in [3.63, 3.8) is 0 Å². The van der Waals surface area contributed by atoms with Crippen LogP contribution in [0.25, 0.3) is 11.1 Å². The molecule has 1 saturated heterocycles. The molecule has 4 aromatic rings. The van der Waals surface area contributed by atoms with Crippen molar-refractivity contribution in [2.24, 2.45) is 11.8 Å². The molecule has 44 heavy (non-hydrogen) atoms. The van der Waals surface area contributed by atoms with E-state index in [2.05, 4.69) is 39.0 Å². The number of rotatable bonds is 12. The number of aromatic nitrogens is 5. The molecule has 0 spiro atoms. The Bertz CT molecular complexity index is 1640. The van der Waals surface area contributed by atoms with Crippen LogP contribution in [0.2, 0.25) is 0 Å². The van der Waals surface area contributed by atoms with E-state index in [-0.39, 0.29) is 28.7 Å². The van der Waals surface area contributed by atoms with Crippen LogP contribution in [0.1, 0.15) is 51.0 Å². The highest BCUT2D eigenvalue weighted by atomic mass is 32.2. The summed E-state index contributed by atoms with van der Waals surface area (Å²) >= 11 is 0. The number of halogens is 2. The van der Waals surface area contributed by atoms with Crippen molar-refractivity contribution >= 4 is 21.7 Å². The van der Waals surface area contributed by atoms with Crippen LogP contribution in [-0.4, -0.2) is 53.0 Å². The van der Waals surface area contributed by atoms with Crippen LogP contribution in [0.5, 0.6) is 5.75 Å². The predicted molar refractivity (Wildman–Crippen MR) is 161 cm³/mol. The highest BCUT2D eigenvalue weighted by molar-refractivity contribution is 7.92. The lowest BCUT2D eigenvalue weighted by Crippen LogP contribution is -2.34. The number of ether oxygens (including phenoxy) is 1. The van der Waals surface area contributed by atoms with Crippen molar-refractivity contribution in [3.05, 3.63) is 60.0 Å². The van der Waals surface area contributed by atoms with Crippen molar-refractivity contribution in [1.82, 2.24) is 24.9 Å². The lowest BCUT2D eigenvalue weighted by molar-refractivity contribution is 0.277. The molecular weight excluding hydrogens is 592 g/mol. The second-order valence-electron chi connectivity index (χ2n) is 11.6. The van der Waals surface area contributed by atoms with Crippen LogP contribution in [-0.2, 0) is 16.6 Å². The maximum Gasteiger partial charge on any atom is 0.267 e. The van der Waals surface area contributed by atoms with Gasteiger partial charge in [-0.1, -0.05) is 19.0 Å². The Morgan fingerprint density at radius 2 is 1.75 bits per heavy atom. The molecule has 0 amide bonds. The van der Waals surface area contributed by atoms with Gasteiger partial charge in [0.1, 0.15) is 17.1 Å². The van der Waals surface area contributed by atoms with E-state index in [4.69, 9.17) is 9.26 Å². The third kappa shape index (κ3) is 7.34. The van der Waals surface area contributed by atoms with Crippen molar-refractivity contribution in [1.29, 1.82) is 0 Å². The van der Waals surface area contributed by atoms with Gasteiger partial charge in [0, 0.05) is 61.5 Å². The zero-order chi connectivity index (χ0) is 31.4. The summed E-state index contributed by atoms with van der Waals surface area (Å²) < 4.78 is 69.1. The molecule has 0 radical (unpaired) electrons. The minimum Gasteiger partial charge on any atom is -0.493 e. The molecule has 1 aliphatic heterocycles. The van der Waals surface area contributed by atoms with Gasteiger partial charge in [-0.05, 0) is 51.4 Å². The average Bonchev–Trinajstić information content (AvgIpc) is 3.59. The molecule has 1 N–H and O–H groups in total. The first kappa shape index (κ1) is 31.4. The Hall–Kier alpha value is -4.07. The monoisotopic (exact) mass is 629 g/mol. The molecule has 3 aromatic heterocycles. The van der Waals surface area contributed by atoms with E-state index in [1.54, 1.807) is 0 Å². The molecule has 1 aliphatic rings. The minimum absolute atomic E-state index is 0.0111. The van der Waals surface area contributed by atoms with Gasteiger partial charge < -0.3 is 14.2 Å². The molecule has 5 rings (SSSR count). The van der Waals surface area contributed by atoms with E-state index in [1.807, 2.05) is 34.2 Å². The molecule has 236 valence electrons. The number of benzene rings is 1. The first-order valence-electron chi connectivity index (χ1n) is 14.7. The van der Waals surface area contributed by atoms with Gasteiger partial charge >= 0.3 is 0 Å². The summed E-state index contributed by atoms with van der Waals surface area (Å²) in [6.45, 7) is 9.98. The topological polar surface area (TPSA) is 128 Å². The van der Waals surface area contributed by atoms with Gasteiger partial charge in [-0.25, -0.2) is 27.2 Å². The molecule has 0 aliphatic carbocycles. The van der Waals surface area contributed by atoms with E-state index in [0.717, 1.165) is 62.2 Å². The van der Waals surface area contributed by atoms with Crippen molar-refractivity contribution in [2.45, 2.75) is 64.8 Å². The Kier molecular flexibility index (Phi) is 9.47. The number of anilines is 2. The van der Waals surface area contributed by atoms with Gasteiger partial charge in [0.05, 0.1) is 12.8 Å². The number of nitrogens with zero attached hydrogens (tertiary/aromatic N) is 6. The fourth-order valence-electron chi connectivity index (χ4n) is 5.38. The van der Waals surface area contributed by atoms with Crippen LogP contribution in [0, 0.1) is 37.3 Å². The van der Waals surface area contributed by atoms with Crippen molar-refractivity contribution in [2.75, 3.05) is 29.3 Å². The van der Waals surface area contributed by atoms with Crippen LogP contribution in [0.15, 0.2) is 46.3 Å². The highest BCUT2D eigenvalue weighted by Gasteiger charge is 2.27. The summed E-state index contributed by atoms with van der Waals surface area (Å²) in [6, 6.07) is 1.94. The Balaban J connectivity index is 1.06. The summed E-state index contributed by atoms with van der Waals surface area (Å²) in [5, 5.41) is 8.00. The standard InChI is InChI=1S/C30H37F2N7O4S/c1-19(2)17-39-18-24(16-35-39)23-14-33-30(34-15-23)38-9-7-22(8-10-38)6-5-11-42-25-12-26(31)28(27(32)13-25)37-44(40,41)29-20(3)36-43-21(29)4/h12-16,18-19,22,37H,5-11,17H2,1-4H3. The third-order valence-corrected chi connectivity index (χ3v) is 9.16. The van der Waals surface area contributed by atoms with Crippen LogP contribution in [0.3, 0.4) is 0 Å². The minimum atomic E-state index is -4.30. The molecule has 14 heteroatoms. The third-order valence-electron chi connectivity index (χ3n) is 7.57. The number of aryl methyl sites for hydroxylation is 2. The lowest BCUT2D eigenvalue weighted by atomic mass is 9.92. The van der Waals surface area contributed by atoms with Gasteiger partial charge in [0.25, 0.3) is 10.0 Å². The molecule has 0 saturated carbocycles. The number of hydrogen-bond acceptors (Lipinski definition) is 9. The Morgan fingerprint density at radius 3 is 2.36 bits per heavy atom. The molecule has 11 nitrogen and oxygen atoms in total. The fraction of sp³-hybridized carbons (Fsp3) is 0.467. The molecular formula is C30H37F2N7O4S. The van der Waals surface area contributed by atoms with Gasteiger partial charge in [-0.2, -0.15) is 5.10 Å². The first-order chi connectivity index (χ1) is 21.0. The Labute approximate surface area is 255 Å². The maximum atomic E-state index is 14.7. The van der Waals surface area contributed by atoms with Gasteiger partial charge in [0.15, 0.2) is 22.3 Å². The van der Waals surface area contributed by atoms with Crippen molar-refractivity contribution in [3.8, 4) is 16.9 Å². The van der Waals surface area contributed by atoms with Crippen LogP contribution in [0.4, 0.5) is 20.4 Å². The summed E-state index contributed by atoms with van der Waals surface area (Å²) in [5.74, 6) is -0.434. The quantitative estimate of drug-likeness (QED) is 0.195. The van der Waals surface area contributed by atoms with E-state index in [1.165, 1.54) is 13.8 Å². The Morgan fingerprint density at radius 1 is 1.07 bits per heavy atom. The molecule has 0 atom stereocenters. The number of piperidine rings is 1. The van der Waals surface area contributed by atoms with Crippen LogP contribution < -0.4 is 14.4 Å². The SMILES string of the molecule is Cc1noc(C)c1S(=O)(=O)Nc1c(F)cc(OCCCC2CCN(c3ncc(-c4cnn(CC(C)C)c4)cn3)CC2)cc1F. The van der Waals surface area contributed by atoms with E-state index < -0.39 is 27.3 Å². The highest BCUT2D eigenvalue weighted by Crippen LogP contribution is 2.30. The van der Waals surface area contributed by atoms with E-state index in [9.17, 15) is 17.2 Å². The summed E-state index contributed by atoms with van der Waals surface area (Å²) in [5.41, 5.74) is 1.23. The van der Waals surface area contributed by atoms with Crippen molar-refractivity contribution < 1.29 is 26.5 Å². The lowest BCUT2D eigenvalue weighted by Gasteiger charge is -2.32. The second kappa shape index (κ2) is 13.3. The molecule has 1 fully saturated rings. The molecule has 1 aromatic carbocycles. The molecule has 0 bridgehead atoms. The summed E-state index contributed by atoms with van der Waals surface area (Å²) in [6.07, 6.45) is 11.1. The summed E-state index contributed by atoms with van der Waals surface area (Å²) in [4.78, 5) is 11.1. The van der Waals surface area contributed by atoms with Crippen LogP contribution >= 0.6 is 0 Å². The zero-order valence-corrected chi connectivity index (χ0v) is 26.1. The van der Waals surface area contributed by atoms with Gasteiger partial charge in [-0.15, -0.1) is 0 Å². The van der Waals surface area contributed by atoms with Gasteiger partial charge in [0.2, 0.25) is 5.95 Å². The summed E-state index contributed by atoms with van der Waals surface area (Å²) in [7, 11) is -4.30. The fourth-order valence-corrected chi connectivity index (χ4v) is 6.79. The number of sulfonamides is 1. The van der Waals surface area contributed by atoms with Gasteiger partial charge in [-0.3, -0.25) is 9.40 Å². The largest absolute Gasteiger partial charge is 0.493 e. The average molecular weight is 630 g/mol. The molecule has 4 heterocycles.